The van der Waals surface area contributed by atoms with Crippen molar-refractivity contribution in [3.8, 4) is 11.6 Å². The lowest BCUT2D eigenvalue weighted by atomic mass is 10.1. The molecule has 104 valence electrons. The van der Waals surface area contributed by atoms with Gasteiger partial charge in [-0.2, -0.15) is 0 Å². The number of aromatic nitrogens is 2. The molecule has 2 aromatic carbocycles. The molecular formula is C15H9BrN2O3. The number of hydrogen-bond acceptors (Lipinski definition) is 4. The molecule has 0 amide bonds. The maximum absolute atomic E-state index is 11.4. The Balaban J connectivity index is 2.21. The summed E-state index contributed by atoms with van der Waals surface area (Å²) in [5.41, 5.74) is 0.0826. The van der Waals surface area contributed by atoms with Crippen LogP contribution in [0.3, 0.4) is 0 Å². The minimum atomic E-state index is -1.05. The summed E-state index contributed by atoms with van der Waals surface area (Å²) in [5.74, 6) is -0.523. The Morgan fingerprint density at radius 1 is 1.19 bits per heavy atom. The Labute approximate surface area is 128 Å². The van der Waals surface area contributed by atoms with Crippen molar-refractivity contribution in [2.45, 2.75) is 0 Å². The highest BCUT2D eigenvalue weighted by atomic mass is 79.9. The van der Waals surface area contributed by atoms with Gasteiger partial charge in [-0.3, -0.25) is 0 Å². The maximum Gasteiger partial charge on any atom is 0.339 e. The van der Waals surface area contributed by atoms with Crippen molar-refractivity contribution in [2.24, 2.45) is 0 Å². The van der Waals surface area contributed by atoms with Crippen molar-refractivity contribution >= 4 is 32.7 Å². The van der Waals surface area contributed by atoms with Gasteiger partial charge in [-0.1, -0.05) is 30.3 Å². The van der Waals surface area contributed by atoms with Gasteiger partial charge in [0.25, 0.3) is 0 Å². The molecule has 0 aliphatic carbocycles. The van der Waals surface area contributed by atoms with Crippen molar-refractivity contribution in [3.05, 3.63) is 59.0 Å². The quantitative estimate of drug-likeness (QED) is 0.780. The van der Waals surface area contributed by atoms with Crippen molar-refractivity contribution < 1.29 is 14.6 Å². The molecule has 0 aliphatic heterocycles. The lowest BCUT2D eigenvalue weighted by Crippen LogP contribution is -2.01. The fourth-order valence-corrected chi connectivity index (χ4v) is 2.30. The molecule has 3 aromatic rings. The van der Waals surface area contributed by atoms with E-state index < -0.39 is 5.97 Å². The Morgan fingerprint density at radius 2 is 2.00 bits per heavy atom. The molecule has 0 fully saturated rings. The van der Waals surface area contributed by atoms with E-state index in [9.17, 15) is 9.90 Å². The molecule has 0 unspecified atom stereocenters. The topological polar surface area (TPSA) is 72.3 Å². The summed E-state index contributed by atoms with van der Waals surface area (Å²) in [7, 11) is 0. The van der Waals surface area contributed by atoms with Crippen LogP contribution in [0.2, 0.25) is 0 Å². The number of benzene rings is 2. The molecule has 0 spiro atoms. The average molecular weight is 345 g/mol. The second-order valence-corrected chi connectivity index (χ2v) is 5.10. The molecular weight excluding hydrogens is 336 g/mol. The minimum Gasteiger partial charge on any atom is -0.478 e. The van der Waals surface area contributed by atoms with Crippen LogP contribution in [0.5, 0.6) is 11.6 Å². The molecule has 1 aromatic heterocycles. The number of carboxylic acid groups (broad SMARTS) is 1. The molecule has 6 heteroatoms. The van der Waals surface area contributed by atoms with E-state index in [0.717, 1.165) is 5.39 Å². The SMILES string of the molecule is O=C(O)c1ccc2ccccc2c1Oc1ncncc1Br. The second-order valence-electron chi connectivity index (χ2n) is 4.25. The van der Waals surface area contributed by atoms with Crippen molar-refractivity contribution in [1.82, 2.24) is 9.97 Å². The standard InChI is InChI=1S/C15H9BrN2O3/c16-12-7-17-8-18-14(12)21-13-10-4-2-1-3-9(10)5-6-11(13)15(19)20/h1-8H,(H,19,20). The van der Waals surface area contributed by atoms with E-state index in [-0.39, 0.29) is 17.2 Å². The van der Waals surface area contributed by atoms with Gasteiger partial charge in [0.1, 0.15) is 11.9 Å². The number of nitrogens with zero attached hydrogens (tertiary/aromatic N) is 2. The molecule has 0 aliphatic rings. The Hall–Kier alpha value is -2.47. The van der Waals surface area contributed by atoms with Gasteiger partial charge in [0.05, 0.1) is 4.47 Å². The van der Waals surface area contributed by atoms with E-state index in [1.807, 2.05) is 24.3 Å². The average Bonchev–Trinajstić information content (AvgIpc) is 2.49. The van der Waals surface area contributed by atoms with Crippen molar-refractivity contribution in [3.63, 3.8) is 0 Å². The molecule has 0 saturated heterocycles. The van der Waals surface area contributed by atoms with Crippen LogP contribution in [0.25, 0.3) is 10.8 Å². The van der Waals surface area contributed by atoms with Crippen LogP contribution >= 0.6 is 15.9 Å². The summed E-state index contributed by atoms with van der Waals surface area (Å²) < 4.78 is 6.29. The first-order chi connectivity index (χ1) is 10.2. The summed E-state index contributed by atoms with van der Waals surface area (Å²) in [6.45, 7) is 0. The van der Waals surface area contributed by atoms with Crippen LogP contribution in [0, 0.1) is 0 Å². The third kappa shape index (κ3) is 2.57. The number of hydrogen-bond donors (Lipinski definition) is 1. The summed E-state index contributed by atoms with van der Waals surface area (Å²) in [4.78, 5) is 19.3. The summed E-state index contributed by atoms with van der Waals surface area (Å²) >= 11 is 3.28. The van der Waals surface area contributed by atoms with E-state index in [0.29, 0.717) is 9.86 Å². The molecule has 3 rings (SSSR count). The number of halogens is 1. The molecule has 5 nitrogen and oxygen atoms in total. The molecule has 0 atom stereocenters. The predicted molar refractivity (Wildman–Crippen MR) is 80.7 cm³/mol. The smallest absolute Gasteiger partial charge is 0.339 e. The third-order valence-electron chi connectivity index (χ3n) is 2.94. The van der Waals surface area contributed by atoms with Gasteiger partial charge >= 0.3 is 5.97 Å². The van der Waals surface area contributed by atoms with Crippen molar-refractivity contribution in [1.29, 1.82) is 0 Å². The molecule has 0 radical (unpaired) electrons. The van der Waals surface area contributed by atoms with E-state index in [2.05, 4.69) is 25.9 Å². The second kappa shape index (κ2) is 5.49. The van der Waals surface area contributed by atoms with Gasteiger partial charge in [0, 0.05) is 11.6 Å². The minimum absolute atomic E-state index is 0.0826. The largest absolute Gasteiger partial charge is 0.478 e. The molecule has 1 heterocycles. The monoisotopic (exact) mass is 344 g/mol. The van der Waals surface area contributed by atoms with E-state index in [4.69, 9.17) is 4.74 Å². The Bertz CT molecular complexity index is 836. The fourth-order valence-electron chi connectivity index (χ4n) is 1.99. The van der Waals surface area contributed by atoms with Gasteiger partial charge in [-0.15, -0.1) is 0 Å². The number of ether oxygens (including phenoxy) is 1. The predicted octanol–water partition coefficient (Wildman–Crippen LogP) is 3.88. The zero-order valence-electron chi connectivity index (χ0n) is 10.7. The first-order valence-corrected chi connectivity index (χ1v) is 6.84. The van der Waals surface area contributed by atoms with Crippen molar-refractivity contribution in [2.75, 3.05) is 0 Å². The van der Waals surface area contributed by atoms with Crippen LogP contribution in [0.4, 0.5) is 0 Å². The van der Waals surface area contributed by atoms with Crippen LogP contribution in [0.15, 0.2) is 53.4 Å². The first kappa shape index (κ1) is 13.5. The maximum atomic E-state index is 11.4. The highest BCUT2D eigenvalue weighted by Gasteiger charge is 2.17. The van der Waals surface area contributed by atoms with Crippen LogP contribution < -0.4 is 4.74 Å². The van der Waals surface area contributed by atoms with Gasteiger partial charge < -0.3 is 9.84 Å². The summed E-state index contributed by atoms with van der Waals surface area (Å²) in [5, 5.41) is 11.0. The van der Waals surface area contributed by atoms with E-state index >= 15 is 0 Å². The molecule has 1 N–H and O–H groups in total. The normalized spacial score (nSPS) is 10.5. The summed E-state index contributed by atoms with van der Waals surface area (Å²) in [6, 6.07) is 10.7. The van der Waals surface area contributed by atoms with E-state index in [1.165, 1.54) is 18.6 Å². The highest BCUT2D eigenvalue weighted by Crippen LogP contribution is 2.35. The van der Waals surface area contributed by atoms with Gasteiger partial charge in [0.15, 0.2) is 5.75 Å². The molecule has 0 bridgehead atoms. The number of rotatable bonds is 3. The highest BCUT2D eigenvalue weighted by molar-refractivity contribution is 9.10. The number of fused-ring (bicyclic) bond motifs is 1. The number of aromatic carboxylic acids is 1. The number of carbonyl (C=O) groups is 1. The van der Waals surface area contributed by atoms with Gasteiger partial charge in [-0.25, -0.2) is 14.8 Å². The molecule has 0 saturated carbocycles. The fraction of sp³-hybridized carbons (Fsp3) is 0. The van der Waals surface area contributed by atoms with Crippen LogP contribution in [-0.4, -0.2) is 21.0 Å². The Kier molecular flexibility index (Phi) is 3.53. The summed E-state index contributed by atoms with van der Waals surface area (Å²) in [6.07, 6.45) is 2.87. The Morgan fingerprint density at radius 3 is 2.76 bits per heavy atom. The lowest BCUT2D eigenvalue weighted by molar-refractivity contribution is 0.0694. The van der Waals surface area contributed by atoms with Crippen LogP contribution in [0.1, 0.15) is 10.4 Å². The van der Waals surface area contributed by atoms with Crippen LogP contribution in [-0.2, 0) is 0 Å². The van der Waals surface area contributed by atoms with E-state index in [1.54, 1.807) is 6.07 Å². The first-order valence-electron chi connectivity index (χ1n) is 6.05. The third-order valence-corrected chi connectivity index (χ3v) is 3.49. The zero-order chi connectivity index (χ0) is 14.8. The number of carboxylic acids is 1. The van der Waals surface area contributed by atoms with Gasteiger partial charge in [0.2, 0.25) is 5.88 Å². The van der Waals surface area contributed by atoms with Gasteiger partial charge in [-0.05, 0) is 27.4 Å². The zero-order valence-corrected chi connectivity index (χ0v) is 12.2. The lowest BCUT2D eigenvalue weighted by Gasteiger charge is -2.12. The molecule has 21 heavy (non-hydrogen) atoms.